The van der Waals surface area contributed by atoms with Gasteiger partial charge in [-0.2, -0.15) is 9.61 Å². The minimum absolute atomic E-state index is 0.215. The summed E-state index contributed by atoms with van der Waals surface area (Å²) in [6.07, 6.45) is 6.64. The number of nitrogens with one attached hydrogen (secondary N) is 3. The minimum Gasteiger partial charge on any atom is -0.495 e. The van der Waals surface area contributed by atoms with Crippen LogP contribution in [0.25, 0.3) is 11.5 Å². The largest absolute Gasteiger partial charge is 0.495 e. The summed E-state index contributed by atoms with van der Waals surface area (Å²) < 4.78 is 8.10. The number of carbonyl (C=O) groups is 1. The number of carbonyl (C=O) groups excluding carboxylic acids is 1. The Labute approximate surface area is 188 Å². The third kappa shape index (κ3) is 3.95. The Bertz CT molecular complexity index is 1390. The second-order valence-electron chi connectivity index (χ2n) is 7.60. The highest BCUT2D eigenvalue weighted by molar-refractivity contribution is 6.00. The maximum Gasteiger partial charge on any atom is 0.279 e. The molecule has 11 nitrogen and oxygen atoms in total. The zero-order chi connectivity index (χ0) is 22.9. The third-order valence-corrected chi connectivity index (χ3v) is 5.30. The van der Waals surface area contributed by atoms with Gasteiger partial charge < -0.3 is 20.7 Å². The Kier molecular flexibility index (Phi) is 5.13. The van der Waals surface area contributed by atoms with Crippen LogP contribution >= 0.6 is 0 Å². The number of ether oxygens (including phenoxy) is 1. The van der Waals surface area contributed by atoms with Crippen molar-refractivity contribution in [3.8, 4) is 11.6 Å². The van der Waals surface area contributed by atoms with Crippen LogP contribution < -0.4 is 26.2 Å². The van der Waals surface area contributed by atoms with E-state index in [1.807, 2.05) is 0 Å². The lowest BCUT2D eigenvalue weighted by Crippen LogP contribution is -2.25. The minimum atomic E-state index is -0.303. The van der Waals surface area contributed by atoms with E-state index in [0.717, 1.165) is 12.8 Å². The van der Waals surface area contributed by atoms with Crippen molar-refractivity contribution in [2.24, 2.45) is 0 Å². The van der Waals surface area contributed by atoms with Crippen molar-refractivity contribution in [3.05, 3.63) is 64.8 Å². The maximum atomic E-state index is 13.1. The topological polar surface area (TPSA) is 127 Å². The molecule has 1 amide bonds. The molecule has 1 fully saturated rings. The highest BCUT2D eigenvalue weighted by Crippen LogP contribution is 2.23. The molecule has 1 aliphatic rings. The van der Waals surface area contributed by atoms with Crippen molar-refractivity contribution in [3.63, 3.8) is 0 Å². The lowest BCUT2D eigenvalue weighted by atomic mass is 10.3. The number of fused-ring (bicyclic) bond motifs is 1. The summed E-state index contributed by atoms with van der Waals surface area (Å²) in [5.74, 6) is 1.84. The number of hydrogen-bond donors (Lipinski definition) is 3. The molecule has 168 valence electrons. The summed E-state index contributed by atoms with van der Waals surface area (Å²) in [5.41, 5.74) is 0.756. The molecule has 0 aromatic carbocycles. The maximum absolute atomic E-state index is 13.1. The summed E-state index contributed by atoms with van der Waals surface area (Å²) >= 11 is 0. The van der Waals surface area contributed by atoms with Gasteiger partial charge in [0.2, 0.25) is 0 Å². The third-order valence-electron chi connectivity index (χ3n) is 5.30. The summed E-state index contributed by atoms with van der Waals surface area (Å²) in [4.78, 5) is 34.6. The Balaban J connectivity index is 1.51. The van der Waals surface area contributed by atoms with Crippen molar-refractivity contribution < 1.29 is 9.53 Å². The molecule has 4 aromatic rings. The number of anilines is 3. The molecule has 0 bridgehead atoms. The molecule has 1 saturated carbocycles. The van der Waals surface area contributed by atoms with E-state index in [0.29, 0.717) is 40.1 Å². The van der Waals surface area contributed by atoms with Crippen LogP contribution in [0.2, 0.25) is 0 Å². The fourth-order valence-electron chi connectivity index (χ4n) is 3.40. The predicted molar refractivity (Wildman–Crippen MR) is 123 cm³/mol. The Morgan fingerprint density at radius 1 is 1.21 bits per heavy atom. The van der Waals surface area contributed by atoms with Gasteiger partial charge in [-0.1, -0.05) is 0 Å². The Hall–Kier alpha value is -4.41. The first kappa shape index (κ1) is 20.5. The molecular weight excluding hydrogens is 424 g/mol. The molecule has 5 rings (SSSR count). The van der Waals surface area contributed by atoms with E-state index in [9.17, 15) is 9.59 Å². The number of rotatable bonds is 7. The lowest BCUT2D eigenvalue weighted by Gasteiger charge is -2.12. The SMILES string of the molecule is CNc1cc(Nc2cccn(-c3ccc(OC)cn3)c2=O)nc2c(C(=O)NC3CC3)cnn12. The zero-order valence-corrected chi connectivity index (χ0v) is 18.1. The van der Waals surface area contributed by atoms with Gasteiger partial charge in [0, 0.05) is 25.4 Å². The quantitative estimate of drug-likeness (QED) is 0.393. The van der Waals surface area contributed by atoms with Gasteiger partial charge in [-0.25, -0.2) is 9.97 Å². The molecule has 33 heavy (non-hydrogen) atoms. The standard InChI is InChI=1S/C22H22N8O3/c1-23-19-10-17(28-20-15(12-25-30(19)20)21(31)26-13-5-6-13)27-16-4-3-9-29(22(16)32)18-8-7-14(33-2)11-24-18/h3-4,7-13,23H,5-6H2,1-2H3,(H,26,31)(H,27,28). The first-order valence-electron chi connectivity index (χ1n) is 10.4. The molecule has 4 aromatic heterocycles. The molecule has 1 aliphatic carbocycles. The average molecular weight is 446 g/mol. The number of methoxy groups -OCH3 is 1. The average Bonchev–Trinajstić information content (AvgIpc) is 3.55. The van der Waals surface area contributed by atoms with E-state index in [1.54, 1.807) is 61.4 Å². The summed E-state index contributed by atoms with van der Waals surface area (Å²) in [5, 5.41) is 13.4. The molecule has 0 atom stereocenters. The second kappa shape index (κ2) is 8.26. The van der Waals surface area contributed by atoms with Gasteiger partial charge in [0.1, 0.15) is 34.5 Å². The Morgan fingerprint density at radius 2 is 2.06 bits per heavy atom. The molecule has 11 heteroatoms. The monoisotopic (exact) mass is 446 g/mol. The molecule has 3 N–H and O–H groups in total. The van der Waals surface area contributed by atoms with E-state index >= 15 is 0 Å². The van der Waals surface area contributed by atoms with Crippen LogP contribution in [0.4, 0.5) is 17.3 Å². The predicted octanol–water partition coefficient (Wildman–Crippen LogP) is 1.96. The molecule has 0 spiro atoms. The van der Waals surface area contributed by atoms with Crippen LogP contribution in [-0.4, -0.2) is 50.3 Å². The van der Waals surface area contributed by atoms with E-state index in [1.165, 1.54) is 10.8 Å². The summed E-state index contributed by atoms with van der Waals surface area (Å²) in [6, 6.07) is 8.75. The zero-order valence-electron chi connectivity index (χ0n) is 18.1. The molecule has 0 radical (unpaired) electrons. The summed E-state index contributed by atoms with van der Waals surface area (Å²) in [7, 11) is 3.30. The van der Waals surface area contributed by atoms with Gasteiger partial charge in [0.25, 0.3) is 11.5 Å². The molecule has 0 saturated heterocycles. The van der Waals surface area contributed by atoms with E-state index < -0.39 is 0 Å². The van der Waals surface area contributed by atoms with Crippen LogP contribution in [0.3, 0.4) is 0 Å². The van der Waals surface area contributed by atoms with Crippen LogP contribution in [-0.2, 0) is 0 Å². The Morgan fingerprint density at radius 3 is 2.76 bits per heavy atom. The number of nitrogens with zero attached hydrogens (tertiary/aromatic N) is 5. The highest BCUT2D eigenvalue weighted by Gasteiger charge is 2.26. The summed E-state index contributed by atoms with van der Waals surface area (Å²) in [6.45, 7) is 0. The number of aromatic nitrogens is 5. The van der Waals surface area contributed by atoms with Crippen molar-refractivity contribution in [1.29, 1.82) is 0 Å². The number of pyridine rings is 2. The smallest absolute Gasteiger partial charge is 0.279 e. The fraction of sp³-hybridized carbons (Fsp3) is 0.227. The van der Waals surface area contributed by atoms with E-state index in [-0.39, 0.29) is 17.5 Å². The van der Waals surface area contributed by atoms with Crippen LogP contribution in [0.1, 0.15) is 23.2 Å². The second-order valence-corrected chi connectivity index (χ2v) is 7.60. The highest BCUT2D eigenvalue weighted by atomic mass is 16.5. The van der Waals surface area contributed by atoms with Crippen molar-refractivity contribution in [1.82, 2.24) is 29.5 Å². The van der Waals surface area contributed by atoms with Crippen LogP contribution in [0, 0.1) is 0 Å². The first-order valence-corrected chi connectivity index (χ1v) is 10.4. The van der Waals surface area contributed by atoms with Gasteiger partial charge >= 0.3 is 0 Å². The van der Waals surface area contributed by atoms with Gasteiger partial charge in [0.05, 0.1) is 19.5 Å². The molecule has 4 heterocycles. The van der Waals surface area contributed by atoms with E-state index in [4.69, 9.17) is 4.74 Å². The molecular formula is C22H22N8O3. The lowest BCUT2D eigenvalue weighted by molar-refractivity contribution is 0.0952. The van der Waals surface area contributed by atoms with Crippen molar-refractivity contribution in [2.75, 3.05) is 24.8 Å². The van der Waals surface area contributed by atoms with E-state index in [2.05, 4.69) is 31.0 Å². The normalized spacial score (nSPS) is 13.0. The number of hydrogen-bond acceptors (Lipinski definition) is 8. The van der Waals surface area contributed by atoms with Crippen molar-refractivity contribution >= 4 is 28.9 Å². The van der Waals surface area contributed by atoms with Crippen LogP contribution in [0.5, 0.6) is 5.75 Å². The van der Waals surface area contributed by atoms with Gasteiger partial charge in [0.15, 0.2) is 5.65 Å². The van der Waals surface area contributed by atoms with Crippen LogP contribution in [0.15, 0.2) is 53.7 Å². The first-order chi connectivity index (χ1) is 16.1. The van der Waals surface area contributed by atoms with Gasteiger partial charge in [-0.05, 0) is 37.1 Å². The fourth-order valence-corrected chi connectivity index (χ4v) is 3.40. The van der Waals surface area contributed by atoms with Gasteiger partial charge in [-0.15, -0.1) is 0 Å². The van der Waals surface area contributed by atoms with Gasteiger partial charge in [-0.3, -0.25) is 14.2 Å². The van der Waals surface area contributed by atoms with Crippen molar-refractivity contribution in [2.45, 2.75) is 18.9 Å². The molecule has 0 unspecified atom stereocenters. The number of amides is 1. The molecule has 0 aliphatic heterocycles.